The van der Waals surface area contributed by atoms with E-state index in [2.05, 4.69) is 42.6 Å². The first kappa shape index (κ1) is 22.6. The zero-order chi connectivity index (χ0) is 21.9. The van der Waals surface area contributed by atoms with Crippen LogP contribution >= 0.6 is 27.5 Å². The smallest absolute Gasteiger partial charge is 0.392 e. The van der Waals surface area contributed by atoms with Crippen LogP contribution in [0.1, 0.15) is 36.8 Å². The van der Waals surface area contributed by atoms with E-state index in [1.165, 1.54) is 6.07 Å². The van der Waals surface area contributed by atoms with Gasteiger partial charge in [0.15, 0.2) is 0 Å². The largest absolute Gasteiger partial charge is 0.421 e. The van der Waals surface area contributed by atoms with E-state index in [0.717, 1.165) is 12.8 Å². The number of halogens is 5. The second-order valence-corrected chi connectivity index (χ2v) is 8.14. The third kappa shape index (κ3) is 5.14. The van der Waals surface area contributed by atoms with Crippen molar-refractivity contribution >= 4 is 45.0 Å². The molecule has 30 heavy (non-hydrogen) atoms. The van der Waals surface area contributed by atoms with Gasteiger partial charge in [0.1, 0.15) is 11.4 Å². The molecule has 2 aromatic rings. The molecule has 160 valence electrons. The van der Waals surface area contributed by atoms with E-state index < -0.39 is 17.8 Å². The van der Waals surface area contributed by atoms with E-state index >= 15 is 0 Å². The highest BCUT2D eigenvalue weighted by molar-refractivity contribution is 9.10. The molecule has 1 aliphatic rings. The van der Waals surface area contributed by atoms with E-state index in [9.17, 15) is 23.5 Å². The van der Waals surface area contributed by atoms with Crippen molar-refractivity contribution in [2.24, 2.45) is 5.92 Å². The summed E-state index contributed by atoms with van der Waals surface area (Å²) < 4.78 is 41.0. The fourth-order valence-corrected chi connectivity index (χ4v) is 3.95. The van der Waals surface area contributed by atoms with Gasteiger partial charge in [-0.15, -0.1) is 0 Å². The average Bonchev–Trinajstić information content (AvgIpc) is 2.70. The first-order valence-corrected chi connectivity index (χ1v) is 10.4. The quantitative estimate of drug-likeness (QED) is 0.488. The summed E-state index contributed by atoms with van der Waals surface area (Å²) in [6.45, 7) is -0.284. The van der Waals surface area contributed by atoms with Crippen LogP contribution in [0.15, 0.2) is 22.8 Å². The molecule has 6 nitrogen and oxygen atoms in total. The summed E-state index contributed by atoms with van der Waals surface area (Å²) in [5.41, 5.74) is -0.0972. The lowest BCUT2D eigenvalue weighted by atomic mass is 9.85. The van der Waals surface area contributed by atoms with Crippen molar-refractivity contribution < 1.29 is 18.3 Å². The van der Waals surface area contributed by atoms with Crippen molar-refractivity contribution in [2.45, 2.75) is 44.5 Å². The Labute approximate surface area is 184 Å². The lowest BCUT2D eigenvalue weighted by molar-refractivity contribution is -0.137. The van der Waals surface area contributed by atoms with Crippen LogP contribution < -0.4 is 10.6 Å². The Bertz CT molecular complexity index is 966. The average molecular weight is 505 g/mol. The van der Waals surface area contributed by atoms with Crippen LogP contribution in [0.5, 0.6) is 0 Å². The SMILES string of the molecule is N#C[C@@H]1CCCC[C@H]1Nc1nc(Nc2cc(Cl)c(Br)c(CO)c2)ncc1C(F)(F)F. The molecule has 1 saturated carbocycles. The summed E-state index contributed by atoms with van der Waals surface area (Å²) >= 11 is 9.37. The molecule has 0 bridgehead atoms. The predicted octanol–water partition coefficient (Wildman–Crippen LogP) is 5.64. The maximum Gasteiger partial charge on any atom is 0.421 e. The standard InChI is InChI=1S/C19H18BrClF3N5O/c20-16-11(9-30)5-12(6-14(16)21)27-18-26-8-13(19(22,23)24)17(29-18)28-15-4-2-1-3-10(15)7-25/h5-6,8,10,15,30H,1-4,9H2,(H2,26,27,28,29)/t10-,15+/m0/s1. The molecular weight excluding hydrogens is 487 g/mol. The minimum Gasteiger partial charge on any atom is -0.392 e. The molecule has 1 aromatic heterocycles. The molecule has 3 N–H and O–H groups in total. The molecule has 1 aliphatic carbocycles. The van der Waals surface area contributed by atoms with Gasteiger partial charge in [-0.2, -0.15) is 23.4 Å². The number of aromatic nitrogens is 2. The molecule has 3 rings (SSSR count). The van der Waals surface area contributed by atoms with Gasteiger partial charge in [-0.1, -0.05) is 24.4 Å². The Hall–Kier alpha value is -2.09. The van der Waals surface area contributed by atoms with Crippen molar-refractivity contribution in [2.75, 3.05) is 10.6 Å². The van der Waals surface area contributed by atoms with Gasteiger partial charge < -0.3 is 15.7 Å². The number of benzene rings is 1. The summed E-state index contributed by atoms with van der Waals surface area (Å²) in [4.78, 5) is 7.80. The number of hydrogen-bond acceptors (Lipinski definition) is 6. The highest BCUT2D eigenvalue weighted by atomic mass is 79.9. The number of alkyl halides is 3. The van der Waals surface area contributed by atoms with Crippen molar-refractivity contribution in [3.05, 3.63) is 39.0 Å². The fourth-order valence-electron chi connectivity index (χ4n) is 3.36. The third-order valence-electron chi connectivity index (χ3n) is 4.88. The zero-order valence-corrected chi connectivity index (χ0v) is 17.9. The Morgan fingerprint density at radius 1 is 1.30 bits per heavy atom. The molecular formula is C19H18BrClF3N5O. The van der Waals surface area contributed by atoms with E-state index in [1.807, 2.05) is 0 Å². The lowest BCUT2D eigenvalue weighted by Crippen LogP contribution is -2.32. The summed E-state index contributed by atoms with van der Waals surface area (Å²) in [5, 5.41) is 24.7. The van der Waals surface area contributed by atoms with Gasteiger partial charge in [0.05, 0.1) is 23.6 Å². The summed E-state index contributed by atoms with van der Waals surface area (Å²) in [6.07, 6.45) is -1.03. The normalized spacial score (nSPS) is 19.2. The Morgan fingerprint density at radius 2 is 2.03 bits per heavy atom. The summed E-state index contributed by atoms with van der Waals surface area (Å²) in [7, 11) is 0. The van der Waals surface area contributed by atoms with Crippen molar-refractivity contribution in [1.29, 1.82) is 5.26 Å². The topological polar surface area (TPSA) is 93.9 Å². The Balaban J connectivity index is 1.93. The lowest BCUT2D eigenvalue weighted by Gasteiger charge is -2.29. The maximum absolute atomic E-state index is 13.5. The van der Waals surface area contributed by atoms with Gasteiger partial charge >= 0.3 is 6.18 Å². The molecule has 0 amide bonds. The van der Waals surface area contributed by atoms with Crippen LogP contribution in [0.4, 0.5) is 30.6 Å². The number of nitriles is 1. The number of aliphatic hydroxyl groups is 1. The summed E-state index contributed by atoms with van der Waals surface area (Å²) in [6, 6.07) is 4.86. The molecule has 2 atom stereocenters. The second-order valence-electron chi connectivity index (χ2n) is 6.94. The van der Waals surface area contributed by atoms with E-state index in [4.69, 9.17) is 11.6 Å². The van der Waals surface area contributed by atoms with Crippen LogP contribution in [0.25, 0.3) is 0 Å². The molecule has 0 unspecified atom stereocenters. The molecule has 0 radical (unpaired) electrons. The van der Waals surface area contributed by atoms with Gasteiger partial charge in [0, 0.05) is 22.4 Å². The van der Waals surface area contributed by atoms with Gasteiger partial charge in [0.2, 0.25) is 5.95 Å². The number of aliphatic hydroxyl groups excluding tert-OH is 1. The fraction of sp³-hybridized carbons (Fsp3) is 0.421. The van der Waals surface area contributed by atoms with E-state index in [-0.39, 0.29) is 24.3 Å². The van der Waals surface area contributed by atoms with Gasteiger partial charge in [0.25, 0.3) is 0 Å². The Morgan fingerprint density at radius 3 is 2.70 bits per heavy atom. The van der Waals surface area contributed by atoms with Crippen LogP contribution in [0.3, 0.4) is 0 Å². The zero-order valence-electron chi connectivity index (χ0n) is 15.6. The molecule has 1 heterocycles. The van der Waals surface area contributed by atoms with Gasteiger partial charge in [-0.05, 0) is 46.5 Å². The van der Waals surface area contributed by atoms with Crippen molar-refractivity contribution in [3.63, 3.8) is 0 Å². The number of hydrogen-bond donors (Lipinski definition) is 3. The summed E-state index contributed by atoms with van der Waals surface area (Å²) in [5.74, 6) is -0.835. The Kier molecular flexibility index (Phi) is 7.06. The highest BCUT2D eigenvalue weighted by Crippen LogP contribution is 2.37. The number of rotatable bonds is 5. The second kappa shape index (κ2) is 9.37. The number of nitrogens with one attached hydrogen (secondary N) is 2. The van der Waals surface area contributed by atoms with E-state index in [0.29, 0.717) is 39.8 Å². The molecule has 11 heteroatoms. The maximum atomic E-state index is 13.5. The first-order valence-electron chi connectivity index (χ1n) is 9.19. The van der Waals surface area contributed by atoms with Crippen LogP contribution in [-0.2, 0) is 12.8 Å². The molecule has 1 aromatic carbocycles. The highest BCUT2D eigenvalue weighted by Gasteiger charge is 2.37. The minimum atomic E-state index is -4.65. The molecule has 1 fully saturated rings. The number of nitrogens with zero attached hydrogens (tertiary/aromatic N) is 3. The monoisotopic (exact) mass is 503 g/mol. The van der Waals surface area contributed by atoms with E-state index in [1.54, 1.807) is 6.07 Å². The van der Waals surface area contributed by atoms with Crippen LogP contribution in [0, 0.1) is 17.2 Å². The van der Waals surface area contributed by atoms with Crippen molar-refractivity contribution in [1.82, 2.24) is 9.97 Å². The minimum absolute atomic E-state index is 0.0721. The molecule has 0 spiro atoms. The molecule has 0 saturated heterocycles. The van der Waals surface area contributed by atoms with Gasteiger partial charge in [-0.25, -0.2) is 4.98 Å². The van der Waals surface area contributed by atoms with Crippen LogP contribution in [-0.4, -0.2) is 21.1 Å². The predicted molar refractivity (Wildman–Crippen MR) is 110 cm³/mol. The third-order valence-corrected chi connectivity index (χ3v) is 6.34. The van der Waals surface area contributed by atoms with Crippen LogP contribution in [0.2, 0.25) is 5.02 Å². The molecule has 0 aliphatic heterocycles. The van der Waals surface area contributed by atoms with Gasteiger partial charge in [-0.3, -0.25) is 0 Å². The number of anilines is 3. The van der Waals surface area contributed by atoms with Crippen molar-refractivity contribution in [3.8, 4) is 6.07 Å². The first-order chi connectivity index (χ1) is 14.2.